The van der Waals surface area contributed by atoms with E-state index >= 15 is 0 Å². The number of rotatable bonds is 5. The third-order valence-corrected chi connectivity index (χ3v) is 3.63. The van der Waals surface area contributed by atoms with E-state index in [2.05, 4.69) is 10.6 Å². The molecule has 0 fully saturated rings. The lowest BCUT2D eigenvalue weighted by atomic mass is 10.2. The van der Waals surface area contributed by atoms with Gasteiger partial charge in [-0.25, -0.2) is 14.0 Å². The third-order valence-electron chi connectivity index (χ3n) is 2.69. The summed E-state index contributed by atoms with van der Waals surface area (Å²) >= 11 is 1.61. The summed E-state index contributed by atoms with van der Waals surface area (Å²) in [4.78, 5) is 23.4. The highest BCUT2D eigenvalue weighted by molar-refractivity contribution is 7.09. The summed E-state index contributed by atoms with van der Waals surface area (Å²) in [5, 5.41) is 15.8. The molecule has 0 saturated carbocycles. The van der Waals surface area contributed by atoms with E-state index < -0.39 is 23.4 Å². The van der Waals surface area contributed by atoms with Crippen LogP contribution in [0.15, 0.2) is 35.7 Å². The monoisotopic (exact) mass is 308 g/mol. The van der Waals surface area contributed by atoms with Crippen molar-refractivity contribution >= 4 is 29.0 Å². The zero-order chi connectivity index (χ0) is 15.2. The number of carboxylic acid groups (broad SMARTS) is 1. The van der Waals surface area contributed by atoms with Gasteiger partial charge in [-0.3, -0.25) is 0 Å². The van der Waals surface area contributed by atoms with E-state index in [0.717, 1.165) is 23.4 Å². The minimum Gasteiger partial charge on any atom is -0.478 e. The number of halogens is 1. The van der Waals surface area contributed by atoms with Gasteiger partial charge in [-0.05, 0) is 36.1 Å². The first-order valence-corrected chi connectivity index (χ1v) is 7.04. The zero-order valence-corrected chi connectivity index (χ0v) is 11.7. The van der Waals surface area contributed by atoms with Crippen LogP contribution < -0.4 is 10.6 Å². The van der Waals surface area contributed by atoms with Crippen molar-refractivity contribution in [3.63, 3.8) is 0 Å². The molecule has 0 radical (unpaired) electrons. The molecule has 0 bridgehead atoms. The largest absolute Gasteiger partial charge is 0.478 e. The number of anilines is 1. The van der Waals surface area contributed by atoms with Crippen LogP contribution in [0.4, 0.5) is 14.9 Å². The first kappa shape index (κ1) is 15.0. The Morgan fingerprint density at radius 1 is 1.29 bits per heavy atom. The van der Waals surface area contributed by atoms with Gasteiger partial charge >= 0.3 is 12.0 Å². The molecule has 2 aromatic rings. The summed E-state index contributed by atoms with van der Waals surface area (Å²) in [5.74, 6) is -2.24. The fourth-order valence-corrected chi connectivity index (χ4v) is 2.40. The maximum absolute atomic E-state index is 13.4. The smallest absolute Gasteiger partial charge is 0.338 e. The van der Waals surface area contributed by atoms with Gasteiger partial charge in [0.2, 0.25) is 0 Å². The number of benzene rings is 1. The van der Waals surface area contributed by atoms with Crippen LogP contribution in [0.1, 0.15) is 15.2 Å². The Bertz CT molecular complexity index is 644. The van der Waals surface area contributed by atoms with Crippen LogP contribution in [0.5, 0.6) is 0 Å². The number of nitrogens with one attached hydrogen (secondary N) is 2. The molecule has 0 unspecified atom stereocenters. The number of aromatic carboxylic acids is 1. The van der Waals surface area contributed by atoms with E-state index in [-0.39, 0.29) is 5.69 Å². The lowest BCUT2D eigenvalue weighted by Crippen LogP contribution is -2.30. The van der Waals surface area contributed by atoms with Gasteiger partial charge in [-0.15, -0.1) is 11.3 Å². The molecule has 1 aromatic carbocycles. The Morgan fingerprint density at radius 3 is 2.71 bits per heavy atom. The van der Waals surface area contributed by atoms with Crippen molar-refractivity contribution in [2.75, 3.05) is 11.9 Å². The summed E-state index contributed by atoms with van der Waals surface area (Å²) in [6.45, 7) is 0.460. The van der Waals surface area contributed by atoms with Crippen molar-refractivity contribution < 1.29 is 19.1 Å². The maximum atomic E-state index is 13.4. The van der Waals surface area contributed by atoms with Gasteiger partial charge in [0.1, 0.15) is 5.82 Å². The SMILES string of the molecule is O=C(NCCc1cccs1)Nc1ccc(C(=O)O)c(F)c1. The van der Waals surface area contributed by atoms with Crippen LogP contribution in [0, 0.1) is 5.82 Å². The van der Waals surface area contributed by atoms with Crippen LogP contribution in [0.3, 0.4) is 0 Å². The molecule has 3 N–H and O–H groups in total. The summed E-state index contributed by atoms with van der Waals surface area (Å²) in [7, 11) is 0. The van der Waals surface area contributed by atoms with Crippen molar-refractivity contribution in [2.45, 2.75) is 6.42 Å². The van der Waals surface area contributed by atoms with Crippen LogP contribution >= 0.6 is 11.3 Å². The molecule has 1 aromatic heterocycles. The average molecular weight is 308 g/mol. The average Bonchev–Trinajstić information content (AvgIpc) is 2.91. The molecule has 0 aliphatic rings. The van der Waals surface area contributed by atoms with E-state index in [0.29, 0.717) is 6.54 Å². The number of carbonyl (C=O) groups is 2. The Hall–Kier alpha value is -2.41. The fraction of sp³-hybridized carbons (Fsp3) is 0.143. The van der Waals surface area contributed by atoms with Gasteiger partial charge in [-0.1, -0.05) is 6.07 Å². The molecule has 7 heteroatoms. The molecule has 0 saturated heterocycles. The lowest BCUT2D eigenvalue weighted by molar-refractivity contribution is 0.0692. The first-order chi connectivity index (χ1) is 10.1. The third kappa shape index (κ3) is 4.28. The normalized spacial score (nSPS) is 10.1. The molecule has 0 aliphatic heterocycles. The standard InChI is InChI=1S/C14H13FN2O3S/c15-12-8-9(3-4-11(12)13(18)19)17-14(20)16-6-5-10-2-1-7-21-10/h1-4,7-8H,5-6H2,(H,18,19)(H2,16,17,20). The highest BCUT2D eigenvalue weighted by Gasteiger charge is 2.11. The Labute approximate surface area is 124 Å². The minimum absolute atomic E-state index is 0.200. The highest BCUT2D eigenvalue weighted by atomic mass is 32.1. The van der Waals surface area contributed by atoms with Crippen LogP contribution in [-0.2, 0) is 6.42 Å². The van der Waals surface area contributed by atoms with E-state index in [1.807, 2.05) is 17.5 Å². The minimum atomic E-state index is -1.35. The molecule has 1 heterocycles. The molecular weight excluding hydrogens is 295 g/mol. The molecule has 2 amide bonds. The summed E-state index contributed by atoms with van der Waals surface area (Å²) in [5.41, 5.74) is -0.232. The van der Waals surface area contributed by atoms with Gasteiger partial charge in [0.15, 0.2) is 0 Å². The lowest BCUT2D eigenvalue weighted by Gasteiger charge is -2.08. The second kappa shape index (κ2) is 6.85. The predicted molar refractivity (Wildman–Crippen MR) is 78.4 cm³/mol. The van der Waals surface area contributed by atoms with Gasteiger partial charge in [0.05, 0.1) is 5.56 Å². The van der Waals surface area contributed by atoms with Gasteiger partial charge in [0, 0.05) is 17.1 Å². The van der Waals surface area contributed by atoms with Crippen LogP contribution in [0.2, 0.25) is 0 Å². The second-order valence-electron chi connectivity index (χ2n) is 4.21. The van der Waals surface area contributed by atoms with Crippen molar-refractivity contribution in [3.8, 4) is 0 Å². The molecule has 0 spiro atoms. The van der Waals surface area contributed by atoms with E-state index in [1.54, 1.807) is 11.3 Å². The van der Waals surface area contributed by atoms with Crippen LogP contribution in [0.25, 0.3) is 0 Å². The first-order valence-electron chi connectivity index (χ1n) is 6.16. The number of carboxylic acids is 1. The van der Waals surface area contributed by atoms with E-state index in [4.69, 9.17) is 5.11 Å². The Morgan fingerprint density at radius 2 is 2.10 bits per heavy atom. The molecule has 21 heavy (non-hydrogen) atoms. The summed E-state index contributed by atoms with van der Waals surface area (Å²) in [6, 6.07) is 6.87. The van der Waals surface area contributed by atoms with Gasteiger partial charge < -0.3 is 15.7 Å². The highest BCUT2D eigenvalue weighted by Crippen LogP contribution is 2.14. The van der Waals surface area contributed by atoms with Gasteiger partial charge in [-0.2, -0.15) is 0 Å². The fourth-order valence-electron chi connectivity index (χ4n) is 1.70. The zero-order valence-electron chi connectivity index (χ0n) is 10.9. The molecule has 2 rings (SSSR count). The summed E-state index contributed by atoms with van der Waals surface area (Å²) < 4.78 is 13.4. The summed E-state index contributed by atoms with van der Waals surface area (Å²) in [6.07, 6.45) is 0.720. The molecular formula is C14H13FN2O3S. The molecule has 0 atom stereocenters. The Balaban J connectivity index is 1.85. The van der Waals surface area contributed by atoms with Crippen molar-refractivity contribution in [2.24, 2.45) is 0 Å². The molecule has 110 valence electrons. The quantitative estimate of drug-likeness (QED) is 0.794. The second-order valence-corrected chi connectivity index (χ2v) is 5.24. The number of thiophene rings is 1. The molecule has 5 nitrogen and oxygen atoms in total. The topological polar surface area (TPSA) is 78.4 Å². The van der Waals surface area contributed by atoms with Crippen molar-refractivity contribution in [1.29, 1.82) is 0 Å². The van der Waals surface area contributed by atoms with Gasteiger partial charge in [0.25, 0.3) is 0 Å². The van der Waals surface area contributed by atoms with Crippen molar-refractivity contribution in [1.82, 2.24) is 5.32 Å². The number of hydrogen-bond acceptors (Lipinski definition) is 3. The van der Waals surface area contributed by atoms with Crippen molar-refractivity contribution in [3.05, 3.63) is 52.0 Å². The number of amides is 2. The van der Waals surface area contributed by atoms with Crippen LogP contribution in [-0.4, -0.2) is 23.7 Å². The predicted octanol–water partition coefficient (Wildman–Crippen LogP) is 2.95. The number of urea groups is 1. The number of carbonyl (C=O) groups excluding carboxylic acids is 1. The number of hydrogen-bond donors (Lipinski definition) is 3. The Kier molecular flexibility index (Phi) is 4.89. The maximum Gasteiger partial charge on any atom is 0.338 e. The van der Waals surface area contributed by atoms with E-state index in [9.17, 15) is 14.0 Å². The molecule has 0 aliphatic carbocycles. The van der Waals surface area contributed by atoms with E-state index in [1.165, 1.54) is 6.07 Å².